The molecule has 2 aliphatic rings. The molecule has 2 fully saturated rings. The van der Waals surface area contributed by atoms with Crippen LogP contribution in [0.15, 0.2) is 24.5 Å². The third-order valence-corrected chi connectivity index (χ3v) is 5.16. The Hall–Kier alpha value is -1.42. The summed E-state index contributed by atoms with van der Waals surface area (Å²) in [7, 11) is 0. The standard InChI is InChI=1S/C19H28N2O2/c22-19(8-7-16-4-1-2-5-16)21(15-18-6-3-13-23-18)14-17-9-11-20-12-10-17/h9-12,16,18H,1-8,13-15H2/t18-/m1/s1. The molecule has 1 saturated heterocycles. The van der Waals surface area contributed by atoms with Crippen LogP contribution in [0.2, 0.25) is 0 Å². The van der Waals surface area contributed by atoms with Crippen LogP contribution in [0.3, 0.4) is 0 Å². The second kappa shape index (κ2) is 8.44. The van der Waals surface area contributed by atoms with Crippen LogP contribution >= 0.6 is 0 Å². The highest BCUT2D eigenvalue weighted by molar-refractivity contribution is 5.76. The van der Waals surface area contributed by atoms with Gasteiger partial charge >= 0.3 is 0 Å². The Balaban J connectivity index is 1.57. The van der Waals surface area contributed by atoms with Gasteiger partial charge in [0.05, 0.1) is 6.10 Å². The average Bonchev–Trinajstić information content (AvgIpc) is 3.26. The highest BCUT2D eigenvalue weighted by atomic mass is 16.5. The van der Waals surface area contributed by atoms with E-state index in [1.54, 1.807) is 12.4 Å². The van der Waals surface area contributed by atoms with Gasteiger partial charge in [0, 0.05) is 38.5 Å². The molecule has 0 aromatic carbocycles. The minimum atomic E-state index is 0.215. The lowest BCUT2D eigenvalue weighted by atomic mass is 10.0. The zero-order valence-corrected chi connectivity index (χ0v) is 14.0. The Labute approximate surface area is 139 Å². The number of aromatic nitrogens is 1. The largest absolute Gasteiger partial charge is 0.376 e. The van der Waals surface area contributed by atoms with Gasteiger partial charge in [0.15, 0.2) is 0 Å². The molecule has 0 bridgehead atoms. The van der Waals surface area contributed by atoms with Crippen molar-refractivity contribution in [1.82, 2.24) is 9.88 Å². The lowest BCUT2D eigenvalue weighted by Gasteiger charge is -2.26. The molecule has 2 heterocycles. The third-order valence-electron chi connectivity index (χ3n) is 5.16. The van der Waals surface area contributed by atoms with Crippen molar-refractivity contribution in [3.8, 4) is 0 Å². The van der Waals surface area contributed by atoms with Crippen molar-refractivity contribution >= 4 is 5.91 Å². The van der Waals surface area contributed by atoms with E-state index in [1.165, 1.54) is 25.7 Å². The first-order valence-electron chi connectivity index (χ1n) is 9.09. The zero-order chi connectivity index (χ0) is 15.9. The molecule has 1 saturated carbocycles. The normalized spacial score (nSPS) is 21.7. The number of amides is 1. The van der Waals surface area contributed by atoms with E-state index in [1.807, 2.05) is 17.0 Å². The van der Waals surface area contributed by atoms with Crippen molar-refractivity contribution < 1.29 is 9.53 Å². The number of nitrogens with zero attached hydrogens (tertiary/aromatic N) is 2. The van der Waals surface area contributed by atoms with Gasteiger partial charge in [-0.05, 0) is 42.9 Å². The smallest absolute Gasteiger partial charge is 0.222 e. The van der Waals surface area contributed by atoms with Crippen molar-refractivity contribution in [3.63, 3.8) is 0 Å². The lowest BCUT2D eigenvalue weighted by molar-refractivity contribution is -0.133. The Morgan fingerprint density at radius 1 is 1.17 bits per heavy atom. The summed E-state index contributed by atoms with van der Waals surface area (Å²) in [6.45, 7) is 2.24. The number of rotatable bonds is 7. The van der Waals surface area contributed by atoms with Gasteiger partial charge in [0.2, 0.25) is 5.91 Å². The molecule has 0 spiro atoms. The van der Waals surface area contributed by atoms with Gasteiger partial charge in [-0.1, -0.05) is 25.7 Å². The molecule has 1 amide bonds. The fourth-order valence-electron chi connectivity index (χ4n) is 3.78. The molecule has 0 N–H and O–H groups in total. The molecule has 1 atom stereocenters. The SMILES string of the molecule is O=C(CCC1CCCC1)N(Cc1ccncc1)C[C@H]1CCCO1. The van der Waals surface area contributed by atoms with Crippen molar-refractivity contribution in [2.75, 3.05) is 13.2 Å². The summed E-state index contributed by atoms with van der Waals surface area (Å²) in [5.74, 6) is 1.05. The first-order valence-corrected chi connectivity index (χ1v) is 9.09. The molecule has 1 aliphatic carbocycles. The number of ether oxygens (including phenoxy) is 1. The molecule has 4 nitrogen and oxygen atoms in total. The molecule has 1 aromatic rings. The van der Waals surface area contributed by atoms with E-state index in [9.17, 15) is 4.79 Å². The molecule has 3 rings (SSSR count). The van der Waals surface area contributed by atoms with Crippen molar-refractivity contribution in [1.29, 1.82) is 0 Å². The maximum absolute atomic E-state index is 12.7. The van der Waals surface area contributed by atoms with Gasteiger partial charge in [-0.3, -0.25) is 9.78 Å². The summed E-state index contributed by atoms with van der Waals surface area (Å²) in [6, 6.07) is 3.99. The van der Waals surface area contributed by atoms with Gasteiger partial charge < -0.3 is 9.64 Å². The zero-order valence-electron chi connectivity index (χ0n) is 14.0. The molecule has 0 unspecified atom stereocenters. The summed E-state index contributed by atoms with van der Waals surface area (Å²) < 4.78 is 5.74. The third kappa shape index (κ3) is 5.03. The summed E-state index contributed by atoms with van der Waals surface area (Å²) in [4.78, 5) is 18.8. The number of carbonyl (C=O) groups is 1. The highest BCUT2D eigenvalue weighted by Gasteiger charge is 2.24. The van der Waals surface area contributed by atoms with Crippen molar-refractivity contribution in [2.45, 2.75) is 64.0 Å². The van der Waals surface area contributed by atoms with Gasteiger partial charge in [0.1, 0.15) is 0 Å². The van der Waals surface area contributed by atoms with Gasteiger partial charge in [-0.15, -0.1) is 0 Å². The number of hydrogen-bond donors (Lipinski definition) is 0. The second-order valence-corrected chi connectivity index (χ2v) is 6.95. The minimum Gasteiger partial charge on any atom is -0.376 e. The summed E-state index contributed by atoms with van der Waals surface area (Å²) in [5, 5.41) is 0. The summed E-state index contributed by atoms with van der Waals surface area (Å²) in [6.07, 6.45) is 13.0. The van der Waals surface area contributed by atoms with Gasteiger partial charge in [-0.25, -0.2) is 0 Å². The second-order valence-electron chi connectivity index (χ2n) is 6.95. The van der Waals surface area contributed by atoms with Crippen molar-refractivity contribution in [3.05, 3.63) is 30.1 Å². The fourth-order valence-corrected chi connectivity index (χ4v) is 3.78. The topological polar surface area (TPSA) is 42.4 Å². The maximum atomic E-state index is 12.7. The van der Waals surface area contributed by atoms with E-state index in [0.717, 1.165) is 43.9 Å². The minimum absolute atomic E-state index is 0.215. The van der Waals surface area contributed by atoms with Crippen LogP contribution in [0.4, 0.5) is 0 Å². The average molecular weight is 316 g/mol. The molecule has 1 aliphatic heterocycles. The molecule has 0 radical (unpaired) electrons. The van der Waals surface area contributed by atoms with Crippen LogP contribution in [-0.4, -0.2) is 35.0 Å². The highest BCUT2D eigenvalue weighted by Crippen LogP contribution is 2.29. The fraction of sp³-hybridized carbons (Fsp3) is 0.684. The Morgan fingerprint density at radius 3 is 2.65 bits per heavy atom. The monoisotopic (exact) mass is 316 g/mol. The van der Waals surface area contributed by atoms with E-state index in [2.05, 4.69) is 4.98 Å². The van der Waals surface area contributed by atoms with E-state index in [-0.39, 0.29) is 12.0 Å². The Kier molecular flexibility index (Phi) is 6.03. The first kappa shape index (κ1) is 16.4. The van der Waals surface area contributed by atoms with Gasteiger partial charge in [-0.2, -0.15) is 0 Å². The summed E-state index contributed by atoms with van der Waals surface area (Å²) >= 11 is 0. The van der Waals surface area contributed by atoms with E-state index < -0.39 is 0 Å². The predicted molar refractivity (Wildman–Crippen MR) is 89.8 cm³/mol. The van der Waals surface area contributed by atoms with Crippen LogP contribution in [0.25, 0.3) is 0 Å². The molecular weight excluding hydrogens is 288 g/mol. The molecule has 4 heteroatoms. The van der Waals surface area contributed by atoms with E-state index in [4.69, 9.17) is 4.74 Å². The predicted octanol–water partition coefficient (Wildman–Crippen LogP) is 3.56. The number of pyridine rings is 1. The lowest BCUT2D eigenvalue weighted by Crippen LogP contribution is -2.37. The van der Waals surface area contributed by atoms with Crippen LogP contribution < -0.4 is 0 Å². The van der Waals surface area contributed by atoms with Crippen LogP contribution in [0.5, 0.6) is 0 Å². The Bertz CT molecular complexity index is 479. The molecular formula is C19H28N2O2. The number of hydrogen-bond acceptors (Lipinski definition) is 3. The number of carbonyl (C=O) groups excluding carboxylic acids is 1. The van der Waals surface area contributed by atoms with E-state index in [0.29, 0.717) is 13.0 Å². The Morgan fingerprint density at radius 2 is 1.96 bits per heavy atom. The van der Waals surface area contributed by atoms with Crippen LogP contribution in [0, 0.1) is 5.92 Å². The summed E-state index contributed by atoms with van der Waals surface area (Å²) in [5.41, 5.74) is 1.15. The molecule has 1 aromatic heterocycles. The van der Waals surface area contributed by atoms with E-state index >= 15 is 0 Å². The van der Waals surface area contributed by atoms with Gasteiger partial charge in [0.25, 0.3) is 0 Å². The maximum Gasteiger partial charge on any atom is 0.222 e. The first-order chi connectivity index (χ1) is 11.3. The molecule has 126 valence electrons. The van der Waals surface area contributed by atoms with Crippen LogP contribution in [0.1, 0.15) is 56.9 Å². The quantitative estimate of drug-likeness (QED) is 0.772. The van der Waals surface area contributed by atoms with Crippen molar-refractivity contribution in [2.24, 2.45) is 5.92 Å². The van der Waals surface area contributed by atoms with Crippen LogP contribution in [-0.2, 0) is 16.1 Å². The molecule has 23 heavy (non-hydrogen) atoms.